The van der Waals surface area contributed by atoms with Crippen molar-refractivity contribution in [2.45, 2.75) is 92.1 Å². The average Bonchev–Trinajstić information content (AvgIpc) is 2.85. The van der Waals surface area contributed by atoms with Crippen LogP contribution < -0.4 is 0 Å². The fourth-order valence-corrected chi connectivity index (χ4v) is 6.59. The van der Waals surface area contributed by atoms with Gasteiger partial charge in [0.25, 0.3) is 0 Å². The van der Waals surface area contributed by atoms with Crippen LogP contribution in [-0.4, -0.2) is 10.7 Å². The molecule has 0 aromatic heterocycles. The SMILES string of the molecule is CC.CC1=CCC2C3CC=C4C[C@](C)(O)CCC4(C)C3CCC12C. The quantitative estimate of drug-likeness (QED) is 0.518. The molecular formula is C23H38O. The molecule has 1 heteroatoms. The summed E-state index contributed by atoms with van der Waals surface area (Å²) in [6, 6.07) is 0. The van der Waals surface area contributed by atoms with E-state index in [1.54, 1.807) is 11.1 Å². The minimum absolute atomic E-state index is 0.364. The molecule has 0 aromatic rings. The fourth-order valence-electron chi connectivity index (χ4n) is 6.59. The Bertz CT molecular complexity index is 554. The molecule has 0 radical (unpaired) electrons. The number of hydrogen-bond acceptors (Lipinski definition) is 1. The predicted molar refractivity (Wildman–Crippen MR) is 103 cm³/mol. The summed E-state index contributed by atoms with van der Waals surface area (Å²) in [6.45, 7) is 13.4. The van der Waals surface area contributed by atoms with Gasteiger partial charge in [0.2, 0.25) is 0 Å². The van der Waals surface area contributed by atoms with E-state index in [0.29, 0.717) is 10.8 Å². The van der Waals surface area contributed by atoms with Crippen LogP contribution in [0.15, 0.2) is 23.3 Å². The Hall–Kier alpha value is -0.560. The number of rotatable bonds is 0. The summed E-state index contributed by atoms with van der Waals surface area (Å²) in [7, 11) is 0. The van der Waals surface area contributed by atoms with Gasteiger partial charge < -0.3 is 5.11 Å². The second kappa shape index (κ2) is 6.01. The van der Waals surface area contributed by atoms with Crippen LogP contribution in [0.1, 0.15) is 86.5 Å². The third kappa shape index (κ3) is 2.54. The van der Waals surface area contributed by atoms with Gasteiger partial charge in [0, 0.05) is 0 Å². The minimum atomic E-state index is -0.465. The summed E-state index contributed by atoms with van der Waals surface area (Å²) in [4.78, 5) is 0. The monoisotopic (exact) mass is 330 g/mol. The first-order valence-corrected chi connectivity index (χ1v) is 10.4. The van der Waals surface area contributed by atoms with Gasteiger partial charge in [-0.1, -0.05) is 51.0 Å². The molecule has 24 heavy (non-hydrogen) atoms. The molecule has 136 valence electrons. The van der Waals surface area contributed by atoms with Gasteiger partial charge in [0.15, 0.2) is 0 Å². The van der Waals surface area contributed by atoms with Gasteiger partial charge in [-0.25, -0.2) is 0 Å². The van der Waals surface area contributed by atoms with Crippen molar-refractivity contribution in [2.24, 2.45) is 28.6 Å². The third-order valence-corrected chi connectivity index (χ3v) is 8.35. The summed E-state index contributed by atoms with van der Waals surface area (Å²) in [5.41, 5.74) is 3.61. The van der Waals surface area contributed by atoms with Crippen molar-refractivity contribution in [2.75, 3.05) is 0 Å². The molecule has 4 aliphatic rings. The van der Waals surface area contributed by atoms with Gasteiger partial charge in [-0.15, -0.1) is 0 Å². The van der Waals surface area contributed by atoms with Crippen molar-refractivity contribution in [3.05, 3.63) is 23.3 Å². The summed E-state index contributed by atoms with van der Waals surface area (Å²) in [6.07, 6.45) is 13.5. The van der Waals surface area contributed by atoms with E-state index in [1.165, 1.54) is 32.1 Å². The highest BCUT2D eigenvalue weighted by Gasteiger charge is 2.56. The van der Waals surface area contributed by atoms with E-state index in [0.717, 1.165) is 30.6 Å². The molecule has 0 spiro atoms. The maximum absolute atomic E-state index is 10.5. The van der Waals surface area contributed by atoms with Crippen LogP contribution in [0.4, 0.5) is 0 Å². The molecule has 0 amide bonds. The molecule has 5 unspecified atom stereocenters. The lowest BCUT2D eigenvalue weighted by molar-refractivity contribution is -0.0519. The second-order valence-corrected chi connectivity index (χ2v) is 9.51. The first-order chi connectivity index (χ1) is 11.3. The van der Waals surface area contributed by atoms with Crippen LogP contribution in [0.25, 0.3) is 0 Å². The summed E-state index contributed by atoms with van der Waals surface area (Å²) in [5.74, 6) is 2.58. The van der Waals surface area contributed by atoms with Crippen LogP contribution in [0.2, 0.25) is 0 Å². The van der Waals surface area contributed by atoms with Gasteiger partial charge in [0.1, 0.15) is 0 Å². The van der Waals surface area contributed by atoms with Crippen molar-refractivity contribution in [3.8, 4) is 0 Å². The van der Waals surface area contributed by atoms with Gasteiger partial charge in [-0.2, -0.15) is 0 Å². The number of fused-ring (bicyclic) bond motifs is 5. The Labute approximate surface area is 149 Å². The van der Waals surface area contributed by atoms with Crippen molar-refractivity contribution >= 4 is 0 Å². The maximum atomic E-state index is 10.5. The Kier molecular flexibility index (Phi) is 4.56. The Balaban J connectivity index is 0.000000815. The van der Waals surface area contributed by atoms with Crippen molar-refractivity contribution in [1.82, 2.24) is 0 Å². The molecule has 4 aliphatic carbocycles. The van der Waals surface area contributed by atoms with Gasteiger partial charge in [-0.05, 0) is 87.4 Å². The third-order valence-electron chi connectivity index (χ3n) is 8.35. The lowest BCUT2D eigenvalue weighted by Gasteiger charge is -2.58. The molecule has 0 heterocycles. The van der Waals surface area contributed by atoms with Crippen molar-refractivity contribution in [3.63, 3.8) is 0 Å². The first-order valence-electron chi connectivity index (χ1n) is 10.4. The van der Waals surface area contributed by atoms with E-state index in [2.05, 4.69) is 32.9 Å². The maximum Gasteiger partial charge on any atom is 0.0657 e. The van der Waals surface area contributed by atoms with E-state index in [9.17, 15) is 5.11 Å². The van der Waals surface area contributed by atoms with Crippen LogP contribution in [0, 0.1) is 28.6 Å². The Morgan fingerprint density at radius 2 is 1.62 bits per heavy atom. The van der Waals surface area contributed by atoms with E-state index >= 15 is 0 Å². The minimum Gasteiger partial charge on any atom is -0.390 e. The molecule has 0 bridgehead atoms. The lowest BCUT2D eigenvalue weighted by Crippen LogP contribution is -2.51. The van der Waals surface area contributed by atoms with Crippen LogP contribution in [0.3, 0.4) is 0 Å². The molecular weight excluding hydrogens is 292 g/mol. The molecule has 2 fully saturated rings. The first kappa shape index (κ1) is 18.2. The normalized spacial score (nSPS) is 49.7. The molecule has 2 saturated carbocycles. The molecule has 6 atom stereocenters. The van der Waals surface area contributed by atoms with Crippen LogP contribution in [-0.2, 0) is 0 Å². The molecule has 1 N–H and O–H groups in total. The van der Waals surface area contributed by atoms with Gasteiger partial charge in [0.05, 0.1) is 5.60 Å². The summed E-state index contributed by atoms with van der Waals surface area (Å²) in [5, 5.41) is 10.5. The molecule has 4 rings (SSSR count). The summed E-state index contributed by atoms with van der Waals surface area (Å²) >= 11 is 0. The highest BCUT2D eigenvalue weighted by molar-refractivity contribution is 5.30. The average molecular weight is 331 g/mol. The largest absolute Gasteiger partial charge is 0.390 e. The highest BCUT2D eigenvalue weighted by atomic mass is 16.3. The lowest BCUT2D eigenvalue weighted by atomic mass is 9.47. The van der Waals surface area contributed by atoms with Crippen LogP contribution in [0.5, 0.6) is 0 Å². The van der Waals surface area contributed by atoms with E-state index in [-0.39, 0.29) is 0 Å². The zero-order valence-corrected chi connectivity index (χ0v) is 16.8. The molecule has 0 aliphatic heterocycles. The smallest absolute Gasteiger partial charge is 0.0657 e. The van der Waals surface area contributed by atoms with Gasteiger partial charge >= 0.3 is 0 Å². The predicted octanol–water partition coefficient (Wildman–Crippen LogP) is 6.28. The van der Waals surface area contributed by atoms with Crippen molar-refractivity contribution in [1.29, 1.82) is 0 Å². The molecule has 1 nitrogen and oxygen atoms in total. The van der Waals surface area contributed by atoms with E-state index < -0.39 is 5.60 Å². The summed E-state index contributed by atoms with van der Waals surface area (Å²) < 4.78 is 0. The van der Waals surface area contributed by atoms with Crippen molar-refractivity contribution < 1.29 is 5.11 Å². The number of allylic oxidation sites excluding steroid dienone is 3. The molecule has 0 saturated heterocycles. The molecule has 0 aromatic carbocycles. The second-order valence-electron chi connectivity index (χ2n) is 9.51. The Morgan fingerprint density at radius 3 is 2.33 bits per heavy atom. The topological polar surface area (TPSA) is 20.2 Å². The number of hydrogen-bond donors (Lipinski definition) is 1. The van der Waals surface area contributed by atoms with Crippen LogP contribution >= 0.6 is 0 Å². The van der Waals surface area contributed by atoms with E-state index in [4.69, 9.17) is 0 Å². The standard InChI is InChI=1S/C21H32O.C2H6/c1-14-5-8-17-16-7-6-15-13-19(2,22)11-12-21(15,4)18(16)9-10-20(14,17)3;1-2/h5-6,16-18,22H,7-13H2,1-4H3;1-2H3/t16?,17?,18?,19-,20?,21?;/m1./s1. The Morgan fingerprint density at radius 1 is 0.917 bits per heavy atom. The zero-order valence-electron chi connectivity index (χ0n) is 16.8. The van der Waals surface area contributed by atoms with E-state index in [1.807, 2.05) is 20.8 Å². The number of aliphatic hydroxyl groups is 1. The highest BCUT2D eigenvalue weighted by Crippen LogP contribution is 2.65. The van der Waals surface area contributed by atoms with Gasteiger partial charge in [-0.3, -0.25) is 0 Å². The zero-order chi connectivity index (χ0) is 17.8. The fraction of sp³-hybridized carbons (Fsp3) is 0.826.